The van der Waals surface area contributed by atoms with Gasteiger partial charge in [-0.3, -0.25) is 9.36 Å². The van der Waals surface area contributed by atoms with Gasteiger partial charge in [-0.15, -0.1) is 10.2 Å². The second-order valence-corrected chi connectivity index (χ2v) is 8.82. The average Bonchev–Trinajstić information content (AvgIpc) is 3.42. The number of nitrogens with zero attached hydrogens (tertiary/aromatic N) is 4. The second-order valence-electron chi connectivity index (χ2n) is 7.87. The third-order valence-corrected chi connectivity index (χ3v) is 6.30. The van der Waals surface area contributed by atoms with Crippen LogP contribution < -0.4 is 10.2 Å². The van der Waals surface area contributed by atoms with Crippen molar-refractivity contribution in [2.45, 2.75) is 50.7 Å². The molecule has 4 rings (SSSR count). The van der Waals surface area contributed by atoms with Gasteiger partial charge in [0.2, 0.25) is 11.9 Å². The Balaban J connectivity index is 1.41. The summed E-state index contributed by atoms with van der Waals surface area (Å²) < 4.78 is 16.1. The normalized spacial score (nSPS) is 17.8. The number of anilines is 2. The summed E-state index contributed by atoms with van der Waals surface area (Å²) >= 11 is 1.37. The van der Waals surface area contributed by atoms with Crippen molar-refractivity contribution in [3.8, 4) is 0 Å². The number of nitrogens with one attached hydrogen (secondary N) is 1. The number of hydrogen-bond donors (Lipinski definition) is 1. The van der Waals surface area contributed by atoms with Gasteiger partial charge >= 0.3 is 0 Å². The SMILES string of the molecule is Cc1ccc(NC(=O)CSc2nnc(N3CCC(C)CC3)n2C2CC2)c(F)c1. The number of amides is 1. The van der Waals surface area contributed by atoms with Crippen LogP contribution >= 0.6 is 11.8 Å². The lowest BCUT2D eigenvalue weighted by Crippen LogP contribution is -2.34. The lowest BCUT2D eigenvalue weighted by atomic mass is 10.00. The summed E-state index contributed by atoms with van der Waals surface area (Å²) in [4.78, 5) is 14.6. The van der Waals surface area contributed by atoms with Gasteiger partial charge in [0.1, 0.15) is 5.82 Å². The van der Waals surface area contributed by atoms with Gasteiger partial charge in [-0.05, 0) is 56.2 Å². The second kappa shape index (κ2) is 8.11. The van der Waals surface area contributed by atoms with Crippen LogP contribution in [0.1, 0.15) is 44.2 Å². The van der Waals surface area contributed by atoms with Crippen LogP contribution in [0, 0.1) is 18.7 Å². The fourth-order valence-electron chi connectivity index (χ4n) is 3.48. The van der Waals surface area contributed by atoms with Gasteiger partial charge in [-0.2, -0.15) is 0 Å². The molecule has 1 amide bonds. The number of piperidine rings is 1. The summed E-state index contributed by atoms with van der Waals surface area (Å²) in [6.07, 6.45) is 4.60. The molecule has 0 radical (unpaired) electrons. The van der Waals surface area contributed by atoms with E-state index in [0.717, 1.165) is 48.5 Å². The van der Waals surface area contributed by atoms with Gasteiger partial charge in [0.05, 0.1) is 11.4 Å². The third kappa shape index (κ3) is 4.32. The highest BCUT2D eigenvalue weighted by molar-refractivity contribution is 7.99. The smallest absolute Gasteiger partial charge is 0.234 e. The van der Waals surface area contributed by atoms with Gasteiger partial charge in [0.15, 0.2) is 5.16 Å². The molecule has 6 nitrogen and oxygen atoms in total. The Morgan fingerprint density at radius 2 is 2.00 bits per heavy atom. The molecule has 150 valence electrons. The van der Waals surface area contributed by atoms with E-state index in [-0.39, 0.29) is 17.3 Å². The van der Waals surface area contributed by atoms with Crippen molar-refractivity contribution in [1.29, 1.82) is 0 Å². The summed E-state index contributed by atoms with van der Waals surface area (Å²) in [5.41, 5.74) is 1.03. The Bertz CT molecular complexity index is 858. The van der Waals surface area contributed by atoms with E-state index in [0.29, 0.717) is 6.04 Å². The number of thioether (sulfide) groups is 1. The molecule has 1 saturated carbocycles. The number of aryl methyl sites for hydroxylation is 1. The zero-order valence-corrected chi connectivity index (χ0v) is 17.1. The van der Waals surface area contributed by atoms with Crippen molar-refractivity contribution >= 4 is 29.3 Å². The average molecular weight is 404 g/mol. The Labute approximate surface area is 168 Å². The summed E-state index contributed by atoms with van der Waals surface area (Å²) in [5, 5.41) is 12.2. The first-order valence-corrected chi connectivity index (χ1v) is 10.9. The number of carbonyl (C=O) groups excluding carboxylic acids is 1. The molecule has 0 bridgehead atoms. The first-order valence-electron chi connectivity index (χ1n) is 9.90. The van der Waals surface area contributed by atoms with Gasteiger partial charge in [0, 0.05) is 19.1 Å². The molecule has 1 aromatic carbocycles. The van der Waals surface area contributed by atoms with Crippen LogP contribution in [0.5, 0.6) is 0 Å². The Hall–Kier alpha value is -2.09. The fraction of sp³-hybridized carbons (Fsp3) is 0.550. The van der Waals surface area contributed by atoms with Crippen LogP contribution in [0.4, 0.5) is 16.0 Å². The lowest BCUT2D eigenvalue weighted by Gasteiger charge is -2.31. The molecule has 0 unspecified atom stereocenters. The maximum absolute atomic E-state index is 13.9. The minimum Gasteiger partial charge on any atom is -0.341 e. The van der Waals surface area contributed by atoms with Crippen molar-refractivity contribution in [2.75, 3.05) is 29.1 Å². The van der Waals surface area contributed by atoms with E-state index in [1.54, 1.807) is 12.1 Å². The van der Waals surface area contributed by atoms with Crippen LogP contribution in [0.3, 0.4) is 0 Å². The van der Waals surface area contributed by atoms with Gasteiger partial charge in [0.25, 0.3) is 0 Å². The molecule has 28 heavy (non-hydrogen) atoms. The molecule has 1 aliphatic carbocycles. The molecule has 2 fully saturated rings. The lowest BCUT2D eigenvalue weighted by molar-refractivity contribution is -0.113. The number of rotatable bonds is 6. The van der Waals surface area contributed by atoms with Crippen molar-refractivity contribution in [3.63, 3.8) is 0 Å². The number of benzene rings is 1. The molecule has 1 saturated heterocycles. The van der Waals surface area contributed by atoms with Crippen molar-refractivity contribution in [2.24, 2.45) is 5.92 Å². The first kappa shape index (κ1) is 19.2. The molecule has 2 aromatic rings. The summed E-state index contributed by atoms with van der Waals surface area (Å²) in [6, 6.07) is 5.22. The molecule has 0 atom stereocenters. The van der Waals surface area contributed by atoms with E-state index in [1.807, 2.05) is 6.92 Å². The van der Waals surface area contributed by atoms with Crippen LogP contribution in [-0.4, -0.2) is 39.5 Å². The summed E-state index contributed by atoms with van der Waals surface area (Å²) in [6.45, 7) is 6.11. The van der Waals surface area contributed by atoms with Crippen molar-refractivity contribution in [3.05, 3.63) is 29.6 Å². The highest BCUT2D eigenvalue weighted by Gasteiger charge is 2.32. The zero-order valence-electron chi connectivity index (χ0n) is 16.3. The number of hydrogen-bond acceptors (Lipinski definition) is 5. The van der Waals surface area contributed by atoms with E-state index in [9.17, 15) is 9.18 Å². The van der Waals surface area contributed by atoms with Crippen LogP contribution in [0.25, 0.3) is 0 Å². The molecule has 0 spiro atoms. The largest absolute Gasteiger partial charge is 0.341 e. The number of aromatic nitrogens is 3. The Kier molecular flexibility index (Phi) is 5.57. The topological polar surface area (TPSA) is 63.1 Å². The molecular formula is C20H26FN5OS. The molecule has 8 heteroatoms. The van der Waals surface area contributed by atoms with Crippen LogP contribution in [0.2, 0.25) is 0 Å². The quantitative estimate of drug-likeness (QED) is 0.738. The minimum atomic E-state index is -0.416. The monoisotopic (exact) mass is 403 g/mol. The fourth-order valence-corrected chi connectivity index (χ4v) is 4.28. The summed E-state index contributed by atoms with van der Waals surface area (Å²) in [5.74, 6) is 1.21. The van der Waals surface area contributed by atoms with Crippen LogP contribution in [0.15, 0.2) is 23.4 Å². The first-order chi connectivity index (χ1) is 13.5. The molecular weight excluding hydrogens is 377 g/mol. The highest BCUT2D eigenvalue weighted by atomic mass is 32.2. The molecule has 2 aliphatic rings. The number of carbonyl (C=O) groups is 1. The molecule has 1 aromatic heterocycles. The highest BCUT2D eigenvalue weighted by Crippen LogP contribution is 2.41. The molecule has 2 heterocycles. The Morgan fingerprint density at radius 1 is 1.25 bits per heavy atom. The van der Waals surface area contributed by atoms with Crippen LogP contribution in [-0.2, 0) is 4.79 Å². The summed E-state index contributed by atoms with van der Waals surface area (Å²) in [7, 11) is 0. The van der Waals surface area contributed by atoms with Gasteiger partial charge in [-0.25, -0.2) is 4.39 Å². The maximum atomic E-state index is 13.9. The van der Waals surface area contributed by atoms with Crippen molar-refractivity contribution < 1.29 is 9.18 Å². The zero-order chi connectivity index (χ0) is 19.7. The van der Waals surface area contributed by atoms with E-state index in [1.165, 1.54) is 30.7 Å². The van der Waals surface area contributed by atoms with E-state index in [4.69, 9.17) is 0 Å². The molecule has 1 N–H and O–H groups in total. The maximum Gasteiger partial charge on any atom is 0.234 e. The van der Waals surface area contributed by atoms with Gasteiger partial charge < -0.3 is 10.2 Å². The van der Waals surface area contributed by atoms with Gasteiger partial charge in [-0.1, -0.05) is 24.8 Å². The van der Waals surface area contributed by atoms with E-state index < -0.39 is 5.82 Å². The molecule has 1 aliphatic heterocycles. The van der Waals surface area contributed by atoms with E-state index in [2.05, 4.69) is 31.9 Å². The predicted molar refractivity (Wildman–Crippen MR) is 109 cm³/mol. The standard InChI is InChI=1S/C20H26FN5OS/c1-13-7-9-25(10-8-13)19-23-24-20(26(19)15-4-5-15)28-12-18(27)22-17-6-3-14(2)11-16(17)21/h3,6,11,13,15H,4-5,7-10,12H2,1-2H3,(H,22,27). The minimum absolute atomic E-state index is 0.176. The predicted octanol–water partition coefficient (Wildman–Crippen LogP) is 4.03. The Morgan fingerprint density at radius 3 is 2.68 bits per heavy atom. The number of halogens is 1. The van der Waals surface area contributed by atoms with E-state index >= 15 is 0 Å². The van der Waals surface area contributed by atoms with Crippen molar-refractivity contribution in [1.82, 2.24) is 14.8 Å². The third-order valence-electron chi connectivity index (χ3n) is 5.36.